The van der Waals surface area contributed by atoms with Crippen molar-refractivity contribution in [3.63, 3.8) is 0 Å². The van der Waals surface area contributed by atoms with Crippen LogP contribution in [0.4, 0.5) is 4.79 Å². The largest absolute Gasteiger partial charge is 0.340 e. The Balaban J connectivity index is 1.53. The third-order valence-corrected chi connectivity index (χ3v) is 5.15. The number of nitrogens with zero attached hydrogens (tertiary/aromatic N) is 3. The van der Waals surface area contributed by atoms with E-state index in [4.69, 9.17) is 4.52 Å². The molecule has 122 valence electrons. The maximum Gasteiger partial charge on any atom is 0.317 e. The van der Waals surface area contributed by atoms with Crippen molar-refractivity contribution >= 4 is 6.03 Å². The van der Waals surface area contributed by atoms with Crippen molar-refractivity contribution in [2.24, 2.45) is 0 Å². The Morgan fingerprint density at radius 2 is 1.95 bits per heavy atom. The highest BCUT2D eigenvalue weighted by atomic mass is 16.5. The zero-order valence-electron chi connectivity index (χ0n) is 13.6. The number of urea groups is 1. The molecular weight excluding hydrogens is 280 g/mol. The molecule has 1 N–H and O–H groups in total. The first-order valence-corrected chi connectivity index (χ1v) is 8.43. The average molecular weight is 306 g/mol. The van der Waals surface area contributed by atoms with Gasteiger partial charge in [0.2, 0.25) is 5.89 Å². The molecule has 6 nitrogen and oxygen atoms in total. The fourth-order valence-corrected chi connectivity index (χ4v) is 3.48. The number of nitrogens with one attached hydrogen (secondary N) is 1. The fourth-order valence-electron chi connectivity index (χ4n) is 3.48. The van der Waals surface area contributed by atoms with E-state index >= 15 is 0 Å². The first-order valence-electron chi connectivity index (χ1n) is 8.43. The van der Waals surface area contributed by atoms with Gasteiger partial charge in [-0.25, -0.2) is 4.79 Å². The SMILES string of the molecule is Cc1nc(C2(C)CCN(C(=O)NC3CCCCC3)CC2)no1. The number of likely N-dealkylation sites (tertiary alicyclic amines) is 1. The van der Waals surface area contributed by atoms with Crippen LogP contribution >= 0.6 is 0 Å². The van der Waals surface area contributed by atoms with Crippen molar-refractivity contribution in [1.82, 2.24) is 20.4 Å². The van der Waals surface area contributed by atoms with Gasteiger partial charge in [-0.15, -0.1) is 0 Å². The van der Waals surface area contributed by atoms with Crippen molar-refractivity contribution < 1.29 is 9.32 Å². The Hall–Kier alpha value is -1.59. The van der Waals surface area contributed by atoms with Gasteiger partial charge in [-0.1, -0.05) is 31.3 Å². The quantitative estimate of drug-likeness (QED) is 0.912. The van der Waals surface area contributed by atoms with E-state index in [2.05, 4.69) is 22.4 Å². The van der Waals surface area contributed by atoms with Crippen LogP contribution in [-0.4, -0.2) is 40.2 Å². The van der Waals surface area contributed by atoms with Gasteiger partial charge < -0.3 is 14.7 Å². The maximum atomic E-state index is 12.4. The Kier molecular flexibility index (Phi) is 4.36. The number of hydrogen-bond donors (Lipinski definition) is 1. The Bertz CT molecular complexity index is 514. The lowest BCUT2D eigenvalue weighted by Crippen LogP contribution is -2.50. The van der Waals surface area contributed by atoms with Gasteiger partial charge in [-0.3, -0.25) is 0 Å². The third-order valence-electron chi connectivity index (χ3n) is 5.15. The van der Waals surface area contributed by atoms with Crippen LogP contribution in [0.25, 0.3) is 0 Å². The number of carbonyl (C=O) groups is 1. The lowest BCUT2D eigenvalue weighted by Gasteiger charge is -2.38. The maximum absolute atomic E-state index is 12.4. The van der Waals surface area contributed by atoms with Gasteiger partial charge in [-0.05, 0) is 25.7 Å². The summed E-state index contributed by atoms with van der Waals surface area (Å²) in [6, 6.07) is 0.465. The molecule has 2 fully saturated rings. The van der Waals surface area contributed by atoms with Crippen LogP contribution in [0.3, 0.4) is 0 Å². The average Bonchev–Trinajstić information content (AvgIpc) is 2.96. The van der Waals surface area contributed by atoms with E-state index in [1.165, 1.54) is 19.3 Å². The summed E-state index contributed by atoms with van der Waals surface area (Å²) in [6.07, 6.45) is 7.78. The second-order valence-corrected chi connectivity index (χ2v) is 6.97. The van der Waals surface area contributed by atoms with E-state index in [1.54, 1.807) is 0 Å². The summed E-state index contributed by atoms with van der Waals surface area (Å²) >= 11 is 0. The summed E-state index contributed by atoms with van der Waals surface area (Å²) in [5.41, 5.74) is -0.0839. The molecule has 6 heteroatoms. The Morgan fingerprint density at radius 1 is 1.27 bits per heavy atom. The highest BCUT2D eigenvalue weighted by Crippen LogP contribution is 2.33. The molecule has 22 heavy (non-hydrogen) atoms. The number of carbonyl (C=O) groups excluding carboxylic acids is 1. The van der Waals surface area contributed by atoms with Crippen LogP contribution in [0.5, 0.6) is 0 Å². The minimum absolute atomic E-state index is 0.0839. The molecule has 0 radical (unpaired) electrons. The Morgan fingerprint density at radius 3 is 2.55 bits per heavy atom. The number of piperidine rings is 1. The first kappa shape index (κ1) is 15.3. The van der Waals surface area contributed by atoms with Gasteiger partial charge in [0.05, 0.1) is 0 Å². The van der Waals surface area contributed by atoms with Gasteiger partial charge in [0, 0.05) is 31.5 Å². The second-order valence-electron chi connectivity index (χ2n) is 6.97. The lowest BCUT2D eigenvalue weighted by atomic mass is 9.80. The molecule has 0 unspecified atom stereocenters. The van der Waals surface area contributed by atoms with Crippen molar-refractivity contribution in [3.05, 3.63) is 11.7 Å². The van der Waals surface area contributed by atoms with Crippen molar-refractivity contribution in [2.75, 3.05) is 13.1 Å². The molecule has 1 aliphatic heterocycles. The van der Waals surface area contributed by atoms with E-state index in [0.29, 0.717) is 11.9 Å². The van der Waals surface area contributed by atoms with Crippen LogP contribution in [0.15, 0.2) is 4.52 Å². The molecule has 0 atom stereocenters. The van der Waals surface area contributed by atoms with Gasteiger partial charge in [-0.2, -0.15) is 4.98 Å². The van der Waals surface area contributed by atoms with E-state index < -0.39 is 0 Å². The van der Waals surface area contributed by atoms with Gasteiger partial charge in [0.15, 0.2) is 5.82 Å². The molecule has 2 amide bonds. The summed E-state index contributed by atoms with van der Waals surface area (Å²) in [4.78, 5) is 18.7. The molecule has 1 aliphatic carbocycles. The monoisotopic (exact) mass is 306 g/mol. The third kappa shape index (κ3) is 3.25. The second kappa shape index (κ2) is 6.26. The molecule has 1 aromatic rings. The standard InChI is InChI=1S/C16H26N4O2/c1-12-17-14(19-22-12)16(2)8-10-20(11-9-16)15(21)18-13-6-4-3-5-7-13/h13H,3-11H2,1-2H3,(H,18,21). The molecule has 0 spiro atoms. The number of aromatic nitrogens is 2. The number of amides is 2. The number of hydrogen-bond acceptors (Lipinski definition) is 4. The molecule has 2 aliphatic rings. The van der Waals surface area contributed by atoms with Crippen molar-refractivity contribution in [3.8, 4) is 0 Å². The van der Waals surface area contributed by atoms with E-state index in [9.17, 15) is 4.79 Å². The van der Waals surface area contributed by atoms with Crippen LogP contribution < -0.4 is 5.32 Å². The minimum Gasteiger partial charge on any atom is -0.340 e. The molecule has 2 heterocycles. The number of aryl methyl sites for hydroxylation is 1. The lowest BCUT2D eigenvalue weighted by molar-refractivity contribution is 0.153. The normalized spacial score (nSPS) is 22.5. The molecule has 3 rings (SSSR count). The summed E-state index contributed by atoms with van der Waals surface area (Å²) in [7, 11) is 0. The minimum atomic E-state index is -0.0839. The molecular formula is C16H26N4O2. The molecule has 0 bridgehead atoms. The van der Waals surface area contributed by atoms with Crippen molar-refractivity contribution in [2.45, 2.75) is 70.3 Å². The zero-order chi connectivity index (χ0) is 15.6. The molecule has 1 aromatic heterocycles. The predicted molar refractivity (Wildman–Crippen MR) is 82.6 cm³/mol. The van der Waals surface area contributed by atoms with E-state index in [-0.39, 0.29) is 11.4 Å². The first-order chi connectivity index (χ1) is 10.6. The van der Waals surface area contributed by atoms with Crippen LogP contribution in [-0.2, 0) is 5.41 Å². The highest BCUT2D eigenvalue weighted by Gasteiger charge is 2.37. The van der Waals surface area contributed by atoms with E-state index in [1.807, 2.05) is 11.8 Å². The molecule has 1 saturated carbocycles. The van der Waals surface area contributed by atoms with Gasteiger partial charge in [0.25, 0.3) is 0 Å². The summed E-state index contributed by atoms with van der Waals surface area (Å²) in [6.45, 7) is 5.48. The highest BCUT2D eigenvalue weighted by molar-refractivity contribution is 5.74. The van der Waals surface area contributed by atoms with Gasteiger partial charge >= 0.3 is 6.03 Å². The van der Waals surface area contributed by atoms with Crippen LogP contribution in [0, 0.1) is 6.92 Å². The number of rotatable bonds is 2. The molecule has 1 saturated heterocycles. The predicted octanol–water partition coefficient (Wildman–Crippen LogP) is 2.77. The molecule has 0 aromatic carbocycles. The Labute approximate surface area is 131 Å². The smallest absolute Gasteiger partial charge is 0.317 e. The van der Waals surface area contributed by atoms with Crippen LogP contribution in [0.1, 0.15) is 63.6 Å². The van der Waals surface area contributed by atoms with Crippen LogP contribution in [0.2, 0.25) is 0 Å². The zero-order valence-corrected chi connectivity index (χ0v) is 13.6. The van der Waals surface area contributed by atoms with Gasteiger partial charge in [0.1, 0.15) is 0 Å². The van der Waals surface area contributed by atoms with Crippen molar-refractivity contribution in [1.29, 1.82) is 0 Å². The summed E-state index contributed by atoms with van der Waals surface area (Å²) < 4.78 is 5.10. The van der Waals surface area contributed by atoms with E-state index in [0.717, 1.165) is 44.6 Å². The summed E-state index contributed by atoms with van der Waals surface area (Å²) in [5.74, 6) is 1.38. The summed E-state index contributed by atoms with van der Waals surface area (Å²) in [5, 5.41) is 7.27. The topological polar surface area (TPSA) is 71.3 Å². The fraction of sp³-hybridized carbons (Fsp3) is 0.812.